The molecular formula is C15H30N2. The summed E-state index contributed by atoms with van der Waals surface area (Å²) in [6.45, 7) is 8.37. The standard InChI is InChI=1S/C15H30N2/c1-3-5-13-11-14(13)17-12-15(6-4-2)7-9-16-10-8-15/h13-14,16-17H,3-12H2,1-2H3. The molecule has 1 saturated carbocycles. The molecule has 1 aliphatic carbocycles. The van der Waals surface area contributed by atoms with Crippen molar-refractivity contribution in [2.24, 2.45) is 11.3 Å². The quantitative estimate of drug-likeness (QED) is 0.712. The lowest BCUT2D eigenvalue weighted by Gasteiger charge is -2.38. The second-order valence-electron chi connectivity index (χ2n) is 6.27. The lowest BCUT2D eigenvalue weighted by atomic mass is 9.75. The van der Waals surface area contributed by atoms with Crippen molar-refractivity contribution >= 4 is 0 Å². The lowest BCUT2D eigenvalue weighted by Crippen LogP contribution is -2.44. The van der Waals surface area contributed by atoms with Gasteiger partial charge in [-0.1, -0.05) is 26.7 Å². The van der Waals surface area contributed by atoms with Crippen LogP contribution in [0.25, 0.3) is 0 Å². The molecule has 2 unspecified atom stereocenters. The van der Waals surface area contributed by atoms with Gasteiger partial charge in [0, 0.05) is 12.6 Å². The van der Waals surface area contributed by atoms with Crippen LogP contribution < -0.4 is 10.6 Å². The summed E-state index contributed by atoms with van der Waals surface area (Å²) in [4.78, 5) is 0. The van der Waals surface area contributed by atoms with Gasteiger partial charge in [0.1, 0.15) is 0 Å². The van der Waals surface area contributed by atoms with Gasteiger partial charge < -0.3 is 10.6 Å². The van der Waals surface area contributed by atoms with Crippen molar-refractivity contribution in [3.63, 3.8) is 0 Å². The van der Waals surface area contributed by atoms with Gasteiger partial charge in [0.25, 0.3) is 0 Å². The summed E-state index contributed by atoms with van der Waals surface area (Å²) < 4.78 is 0. The van der Waals surface area contributed by atoms with Crippen molar-refractivity contribution in [2.75, 3.05) is 19.6 Å². The zero-order valence-electron chi connectivity index (χ0n) is 11.7. The fourth-order valence-electron chi connectivity index (χ4n) is 3.54. The van der Waals surface area contributed by atoms with Gasteiger partial charge >= 0.3 is 0 Å². The fraction of sp³-hybridized carbons (Fsp3) is 1.00. The third-order valence-corrected chi connectivity index (χ3v) is 4.77. The average molecular weight is 238 g/mol. The molecule has 0 amide bonds. The Kier molecular flexibility index (Phi) is 4.87. The van der Waals surface area contributed by atoms with Gasteiger partial charge in [0.2, 0.25) is 0 Å². The van der Waals surface area contributed by atoms with Gasteiger partial charge in [-0.05, 0) is 56.5 Å². The first-order valence-corrected chi connectivity index (χ1v) is 7.74. The normalized spacial score (nSPS) is 31.4. The summed E-state index contributed by atoms with van der Waals surface area (Å²) in [6.07, 6.45) is 9.72. The van der Waals surface area contributed by atoms with Gasteiger partial charge in [0.15, 0.2) is 0 Å². The molecule has 0 bridgehead atoms. The minimum atomic E-state index is 0.610. The van der Waals surface area contributed by atoms with E-state index in [1.165, 1.54) is 64.6 Å². The summed E-state index contributed by atoms with van der Waals surface area (Å²) in [7, 11) is 0. The van der Waals surface area contributed by atoms with E-state index >= 15 is 0 Å². The lowest BCUT2D eigenvalue weighted by molar-refractivity contribution is 0.174. The second-order valence-corrected chi connectivity index (χ2v) is 6.27. The first-order chi connectivity index (χ1) is 8.29. The maximum absolute atomic E-state index is 3.86. The van der Waals surface area contributed by atoms with Gasteiger partial charge in [-0.25, -0.2) is 0 Å². The molecule has 1 heterocycles. The Bertz CT molecular complexity index is 215. The maximum Gasteiger partial charge on any atom is 0.00993 e. The molecule has 0 aromatic rings. The molecule has 0 aromatic carbocycles. The largest absolute Gasteiger partial charge is 0.317 e. The molecule has 0 aromatic heterocycles. The van der Waals surface area contributed by atoms with E-state index in [0.29, 0.717) is 5.41 Å². The van der Waals surface area contributed by atoms with E-state index in [-0.39, 0.29) is 0 Å². The van der Waals surface area contributed by atoms with Gasteiger partial charge in [0.05, 0.1) is 0 Å². The van der Waals surface area contributed by atoms with Gasteiger partial charge in [-0.3, -0.25) is 0 Å². The highest BCUT2D eigenvalue weighted by atomic mass is 15.0. The fourth-order valence-corrected chi connectivity index (χ4v) is 3.54. The van der Waals surface area contributed by atoms with E-state index in [2.05, 4.69) is 24.5 Å². The van der Waals surface area contributed by atoms with Crippen molar-refractivity contribution < 1.29 is 0 Å². The first kappa shape index (κ1) is 13.4. The molecule has 17 heavy (non-hydrogen) atoms. The van der Waals surface area contributed by atoms with Crippen LogP contribution in [0.4, 0.5) is 0 Å². The maximum atomic E-state index is 3.86. The first-order valence-electron chi connectivity index (χ1n) is 7.74. The van der Waals surface area contributed by atoms with Crippen LogP contribution in [-0.4, -0.2) is 25.7 Å². The topological polar surface area (TPSA) is 24.1 Å². The number of rotatable bonds is 7. The van der Waals surface area contributed by atoms with Crippen LogP contribution in [0.15, 0.2) is 0 Å². The van der Waals surface area contributed by atoms with Crippen LogP contribution in [-0.2, 0) is 0 Å². The zero-order chi connectivity index (χ0) is 12.1. The van der Waals surface area contributed by atoms with E-state index < -0.39 is 0 Å². The number of hydrogen-bond donors (Lipinski definition) is 2. The molecule has 1 saturated heterocycles. The molecule has 1 aliphatic heterocycles. The van der Waals surface area contributed by atoms with Crippen molar-refractivity contribution in [1.29, 1.82) is 0 Å². The highest BCUT2D eigenvalue weighted by molar-refractivity contribution is 4.95. The molecule has 2 heteroatoms. The Morgan fingerprint density at radius 1 is 1.18 bits per heavy atom. The molecule has 2 rings (SSSR count). The van der Waals surface area contributed by atoms with Gasteiger partial charge in [-0.15, -0.1) is 0 Å². The SMILES string of the molecule is CCCC1CC1NCC1(CCC)CCNCC1. The number of nitrogens with one attached hydrogen (secondary N) is 2. The third kappa shape index (κ3) is 3.69. The van der Waals surface area contributed by atoms with E-state index in [1.54, 1.807) is 0 Å². The summed E-state index contributed by atoms with van der Waals surface area (Å²) in [6, 6.07) is 0.860. The summed E-state index contributed by atoms with van der Waals surface area (Å²) in [5.74, 6) is 1.00. The number of hydrogen-bond acceptors (Lipinski definition) is 2. The molecule has 2 nitrogen and oxygen atoms in total. The minimum absolute atomic E-state index is 0.610. The predicted molar refractivity (Wildman–Crippen MR) is 74.3 cm³/mol. The van der Waals surface area contributed by atoms with Crippen LogP contribution in [0.3, 0.4) is 0 Å². The molecule has 2 fully saturated rings. The van der Waals surface area contributed by atoms with Crippen LogP contribution >= 0.6 is 0 Å². The van der Waals surface area contributed by atoms with E-state index in [4.69, 9.17) is 0 Å². The Hall–Kier alpha value is -0.0800. The average Bonchev–Trinajstić information content (AvgIpc) is 3.08. The molecule has 0 spiro atoms. The highest BCUT2D eigenvalue weighted by Gasteiger charge is 2.38. The number of piperidine rings is 1. The van der Waals surface area contributed by atoms with E-state index in [1.807, 2.05) is 0 Å². The molecule has 2 atom stereocenters. The van der Waals surface area contributed by atoms with E-state index in [9.17, 15) is 0 Å². The van der Waals surface area contributed by atoms with Crippen molar-refractivity contribution in [3.05, 3.63) is 0 Å². The van der Waals surface area contributed by atoms with Crippen LogP contribution in [0.2, 0.25) is 0 Å². The van der Waals surface area contributed by atoms with Crippen molar-refractivity contribution in [1.82, 2.24) is 10.6 Å². The third-order valence-electron chi connectivity index (χ3n) is 4.77. The Balaban J connectivity index is 1.74. The monoisotopic (exact) mass is 238 g/mol. The van der Waals surface area contributed by atoms with Crippen LogP contribution in [0, 0.1) is 11.3 Å². The van der Waals surface area contributed by atoms with Crippen LogP contribution in [0.1, 0.15) is 58.8 Å². The molecule has 0 radical (unpaired) electrons. The smallest absolute Gasteiger partial charge is 0.00993 e. The molecular weight excluding hydrogens is 208 g/mol. The molecule has 100 valence electrons. The summed E-state index contributed by atoms with van der Waals surface area (Å²) in [5, 5.41) is 7.36. The summed E-state index contributed by atoms with van der Waals surface area (Å²) >= 11 is 0. The van der Waals surface area contributed by atoms with Gasteiger partial charge in [-0.2, -0.15) is 0 Å². The Morgan fingerprint density at radius 3 is 2.59 bits per heavy atom. The second kappa shape index (κ2) is 6.19. The van der Waals surface area contributed by atoms with Crippen molar-refractivity contribution in [2.45, 2.75) is 64.8 Å². The summed E-state index contributed by atoms with van der Waals surface area (Å²) in [5.41, 5.74) is 0.610. The zero-order valence-corrected chi connectivity index (χ0v) is 11.7. The van der Waals surface area contributed by atoms with Crippen molar-refractivity contribution in [3.8, 4) is 0 Å². The highest BCUT2D eigenvalue weighted by Crippen LogP contribution is 2.38. The Morgan fingerprint density at radius 2 is 1.94 bits per heavy atom. The predicted octanol–water partition coefficient (Wildman–Crippen LogP) is 2.93. The minimum Gasteiger partial charge on any atom is -0.317 e. The Labute approximate surface area is 107 Å². The van der Waals surface area contributed by atoms with E-state index in [0.717, 1.165) is 12.0 Å². The molecule has 2 N–H and O–H groups in total. The van der Waals surface area contributed by atoms with Crippen LogP contribution in [0.5, 0.6) is 0 Å². The molecule has 2 aliphatic rings.